The Kier molecular flexibility index (Phi) is 7.89. The zero-order valence-corrected chi connectivity index (χ0v) is 25.1. The lowest BCUT2D eigenvalue weighted by Crippen LogP contribution is -2.55. The number of benzene rings is 2. The van der Waals surface area contributed by atoms with Crippen molar-refractivity contribution in [2.75, 3.05) is 19.7 Å². The summed E-state index contributed by atoms with van der Waals surface area (Å²) in [5, 5.41) is 23.1. The Labute approximate surface area is 255 Å². The Hall–Kier alpha value is -4.28. The lowest BCUT2D eigenvalue weighted by atomic mass is 9.66. The monoisotopic (exact) mass is 597 g/mol. The number of nitrogens with zero attached hydrogens (tertiary/aromatic N) is 4. The van der Waals surface area contributed by atoms with Gasteiger partial charge in [0.1, 0.15) is 5.82 Å². The number of halogens is 1. The summed E-state index contributed by atoms with van der Waals surface area (Å²) < 4.78 is 21.6. The molecule has 2 aromatic heterocycles. The van der Waals surface area contributed by atoms with Crippen molar-refractivity contribution in [2.45, 2.75) is 58.1 Å². The predicted octanol–water partition coefficient (Wildman–Crippen LogP) is 4.87. The molecule has 228 valence electrons. The smallest absolute Gasteiger partial charge is 0.234 e. The number of hydrogen-bond donors (Lipinski definition) is 2. The van der Waals surface area contributed by atoms with Gasteiger partial charge in [-0.05, 0) is 49.1 Å². The number of ether oxygens (including phenoxy) is 1. The molecule has 2 atom stereocenters. The molecule has 2 aromatic carbocycles. The average Bonchev–Trinajstić information content (AvgIpc) is 3.00. The van der Waals surface area contributed by atoms with Crippen molar-refractivity contribution in [3.8, 4) is 17.1 Å². The molecule has 0 saturated carbocycles. The number of likely N-dealkylation sites (tertiary alicyclic amines) is 1. The van der Waals surface area contributed by atoms with E-state index in [1.54, 1.807) is 24.4 Å². The molecule has 0 bridgehead atoms. The van der Waals surface area contributed by atoms with Crippen LogP contribution >= 0.6 is 0 Å². The van der Waals surface area contributed by atoms with Crippen LogP contribution in [-0.2, 0) is 21.7 Å². The van der Waals surface area contributed by atoms with Gasteiger partial charge >= 0.3 is 0 Å². The number of amides is 2. The second-order valence-corrected chi connectivity index (χ2v) is 12.4. The van der Waals surface area contributed by atoms with Crippen LogP contribution in [0.1, 0.15) is 62.6 Å². The van der Waals surface area contributed by atoms with Crippen LogP contribution in [-0.4, -0.2) is 56.7 Å². The Morgan fingerprint density at radius 2 is 1.89 bits per heavy atom. The fourth-order valence-corrected chi connectivity index (χ4v) is 6.50. The minimum atomic E-state index is -1.41. The Balaban J connectivity index is 1.19. The molecule has 9 nitrogen and oxygen atoms in total. The SMILES string of the molecule is CCOc1ccc(-c2ccc(CN3CCC(O)(c4ccc5ncc([C@@H]6CCC(=O)NC6=O)cc5c4F)C(C)(C)C3)cc2)nn1. The molecule has 0 spiro atoms. The van der Waals surface area contributed by atoms with Gasteiger partial charge in [0.25, 0.3) is 0 Å². The number of aromatic nitrogens is 3. The number of imide groups is 1. The van der Waals surface area contributed by atoms with Gasteiger partial charge in [0.15, 0.2) is 0 Å². The first-order valence-corrected chi connectivity index (χ1v) is 15.0. The fraction of sp³-hybridized carbons (Fsp3) is 0.382. The molecular weight excluding hydrogens is 561 g/mol. The molecule has 6 rings (SSSR count). The first-order chi connectivity index (χ1) is 21.1. The molecule has 4 heterocycles. The van der Waals surface area contributed by atoms with E-state index in [0.29, 0.717) is 56.0 Å². The van der Waals surface area contributed by atoms with E-state index in [9.17, 15) is 14.7 Å². The van der Waals surface area contributed by atoms with Crippen LogP contribution in [0.15, 0.2) is 60.8 Å². The molecule has 44 heavy (non-hydrogen) atoms. The summed E-state index contributed by atoms with van der Waals surface area (Å²) in [4.78, 5) is 30.7. The first kappa shape index (κ1) is 29.8. The molecule has 1 unspecified atom stereocenters. The maximum absolute atomic E-state index is 16.2. The highest BCUT2D eigenvalue weighted by atomic mass is 19.1. The number of hydrogen-bond acceptors (Lipinski definition) is 8. The molecule has 2 aliphatic rings. The lowest BCUT2D eigenvalue weighted by molar-refractivity contribution is -0.134. The minimum absolute atomic E-state index is 0.225. The van der Waals surface area contributed by atoms with Gasteiger partial charge in [-0.25, -0.2) is 4.39 Å². The van der Waals surface area contributed by atoms with Crippen LogP contribution in [0.5, 0.6) is 5.88 Å². The van der Waals surface area contributed by atoms with Gasteiger partial charge in [-0.3, -0.25) is 24.8 Å². The van der Waals surface area contributed by atoms with E-state index in [1.165, 1.54) is 0 Å². The summed E-state index contributed by atoms with van der Waals surface area (Å²) in [7, 11) is 0. The molecule has 2 amide bonds. The molecule has 2 fully saturated rings. The minimum Gasteiger partial charge on any atom is -0.477 e. The number of rotatable bonds is 7. The van der Waals surface area contributed by atoms with Crippen LogP contribution < -0.4 is 10.1 Å². The number of aliphatic hydroxyl groups is 1. The lowest BCUT2D eigenvalue weighted by Gasteiger charge is -2.50. The zero-order valence-electron chi connectivity index (χ0n) is 25.1. The van der Waals surface area contributed by atoms with Gasteiger partial charge in [0.05, 0.1) is 29.3 Å². The second-order valence-electron chi connectivity index (χ2n) is 12.4. The van der Waals surface area contributed by atoms with E-state index in [1.807, 2.05) is 45.0 Å². The normalized spacial score (nSPS) is 22.2. The maximum atomic E-state index is 16.2. The van der Waals surface area contributed by atoms with E-state index < -0.39 is 28.7 Å². The first-order valence-electron chi connectivity index (χ1n) is 15.0. The highest BCUT2D eigenvalue weighted by Crippen LogP contribution is 2.48. The van der Waals surface area contributed by atoms with Crippen molar-refractivity contribution >= 4 is 22.7 Å². The number of fused-ring (bicyclic) bond motifs is 1. The topological polar surface area (TPSA) is 118 Å². The third-order valence-electron chi connectivity index (χ3n) is 9.02. The van der Waals surface area contributed by atoms with Crippen molar-refractivity contribution in [2.24, 2.45) is 5.41 Å². The van der Waals surface area contributed by atoms with Crippen LogP contribution in [0.2, 0.25) is 0 Å². The van der Waals surface area contributed by atoms with E-state index in [4.69, 9.17) is 4.74 Å². The standard InChI is InChI=1S/C34H36FN5O4/c1-4-44-30-14-12-27(38-39-30)22-7-5-21(6-8-22)19-40-16-15-34(43,33(2,3)20-40)26-10-11-28-25(31(26)35)17-23(18-36-28)24-9-13-29(41)37-32(24)42/h5-8,10-12,14,17-18,24,43H,4,9,13,15-16,19-20H2,1-3H3,(H,37,41,42)/t24-,34?/m0/s1. The second kappa shape index (κ2) is 11.7. The Bertz CT molecular complexity index is 1710. The highest BCUT2D eigenvalue weighted by Gasteiger charge is 2.50. The molecule has 4 aromatic rings. The molecule has 0 aliphatic carbocycles. The molecule has 10 heteroatoms. The van der Waals surface area contributed by atoms with Crippen molar-refractivity contribution in [3.63, 3.8) is 0 Å². The molecule has 2 saturated heterocycles. The summed E-state index contributed by atoms with van der Waals surface area (Å²) >= 11 is 0. The zero-order chi connectivity index (χ0) is 31.1. The van der Waals surface area contributed by atoms with Crippen LogP contribution in [0.4, 0.5) is 4.39 Å². The Morgan fingerprint density at radius 3 is 2.57 bits per heavy atom. The molecule has 2 aliphatic heterocycles. The predicted molar refractivity (Wildman–Crippen MR) is 163 cm³/mol. The molecule has 0 radical (unpaired) electrons. The summed E-state index contributed by atoms with van der Waals surface area (Å²) in [6.45, 7) is 8.20. The quantitative estimate of drug-likeness (QED) is 0.290. The Morgan fingerprint density at radius 1 is 1.09 bits per heavy atom. The van der Waals surface area contributed by atoms with Crippen molar-refractivity contribution < 1.29 is 23.8 Å². The number of carbonyl (C=O) groups excluding carboxylic acids is 2. The third-order valence-corrected chi connectivity index (χ3v) is 9.02. The largest absolute Gasteiger partial charge is 0.477 e. The number of pyridine rings is 1. The summed E-state index contributed by atoms with van der Waals surface area (Å²) in [6, 6.07) is 16.9. The van der Waals surface area contributed by atoms with Gasteiger partial charge in [0, 0.05) is 60.2 Å². The number of nitrogens with one attached hydrogen (secondary N) is 1. The van der Waals surface area contributed by atoms with Crippen molar-refractivity contribution in [1.29, 1.82) is 0 Å². The fourth-order valence-electron chi connectivity index (χ4n) is 6.50. The highest BCUT2D eigenvalue weighted by molar-refractivity contribution is 6.01. The van der Waals surface area contributed by atoms with Gasteiger partial charge in [-0.15, -0.1) is 10.2 Å². The molecular formula is C34H36FN5O4. The van der Waals surface area contributed by atoms with Gasteiger partial charge < -0.3 is 9.84 Å². The maximum Gasteiger partial charge on any atom is 0.234 e. The summed E-state index contributed by atoms with van der Waals surface area (Å²) in [5.41, 5.74) is 1.99. The van der Waals surface area contributed by atoms with Gasteiger partial charge in [-0.1, -0.05) is 44.2 Å². The number of piperidine rings is 2. The van der Waals surface area contributed by atoms with E-state index in [0.717, 1.165) is 16.8 Å². The van der Waals surface area contributed by atoms with Crippen LogP contribution in [0.25, 0.3) is 22.2 Å². The number of carbonyl (C=O) groups is 2. The van der Waals surface area contributed by atoms with Gasteiger partial charge in [0.2, 0.25) is 17.7 Å². The summed E-state index contributed by atoms with van der Waals surface area (Å²) in [6.07, 6.45) is 2.49. The van der Waals surface area contributed by atoms with Crippen LogP contribution in [0.3, 0.4) is 0 Å². The van der Waals surface area contributed by atoms with Crippen LogP contribution in [0, 0.1) is 11.2 Å². The average molecular weight is 598 g/mol. The third kappa shape index (κ3) is 5.55. The van der Waals surface area contributed by atoms with E-state index in [2.05, 4.69) is 37.5 Å². The van der Waals surface area contributed by atoms with Gasteiger partial charge in [-0.2, -0.15) is 0 Å². The van der Waals surface area contributed by atoms with Crippen molar-refractivity contribution in [1.82, 2.24) is 25.4 Å². The summed E-state index contributed by atoms with van der Waals surface area (Å²) in [5.74, 6) is -1.30. The van der Waals surface area contributed by atoms with E-state index >= 15 is 4.39 Å². The van der Waals surface area contributed by atoms with E-state index in [-0.39, 0.29) is 23.3 Å². The van der Waals surface area contributed by atoms with Crippen molar-refractivity contribution in [3.05, 3.63) is 83.3 Å². The molecule has 2 N–H and O–H groups in total.